The first-order chi connectivity index (χ1) is 12.1. The molecule has 3 N–H and O–H groups in total. The molecule has 0 fully saturated rings. The summed E-state index contributed by atoms with van der Waals surface area (Å²) < 4.78 is 19.0. The number of nitrogens with two attached hydrogens (primary N) is 1. The van der Waals surface area contributed by atoms with Gasteiger partial charge in [-0.25, -0.2) is 9.37 Å². The van der Waals surface area contributed by atoms with Crippen molar-refractivity contribution >= 4 is 22.9 Å². The Morgan fingerprint density at radius 2 is 2.04 bits per heavy atom. The van der Waals surface area contributed by atoms with Crippen LogP contribution in [-0.2, 0) is 0 Å². The summed E-state index contributed by atoms with van der Waals surface area (Å²) in [7, 11) is 1.34. The van der Waals surface area contributed by atoms with Crippen molar-refractivity contribution in [3.8, 4) is 5.75 Å². The average molecular weight is 357 g/mol. The van der Waals surface area contributed by atoms with E-state index in [1.807, 2.05) is 35.7 Å². The molecular weight excluding hydrogens is 341 g/mol. The summed E-state index contributed by atoms with van der Waals surface area (Å²) in [4.78, 5) is 17.0. The van der Waals surface area contributed by atoms with Crippen molar-refractivity contribution in [3.63, 3.8) is 0 Å². The van der Waals surface area contributed by atoms with Crippen LogP contribution in [0.5, 0.6) is 5.75 Å². The number of benzene rings is 2. The number of thiazole rings is 1. The number of nitrogens with zero attached hydrogens (tertiary/aromatic N) is 1. The van der Waals surface area contributed by atoms with Gasteiger partial charge >= 0.3 is 0 Å². The number of carbonyl (C=O) groups excluding carboxylic acids is 1. The molecule has 1 heterocycles. The second kappa shape index (κ2) is 7.31. The Balaban J connectivity index is 1.93. The zero-order valence-electron chi connectivity index (χ0n) is 13.4. The normalized spacial score (nSPS) is 11.8. The van der Waals surface area contributed by atoms with Crippen molar-refractivity contribution in [2.45, 2.75) is 6.04 Å². The minimum absolute atomic E-state index is 0.00594. The minimum atomic E-state index is -0.749. The Morgan fingerprint density at radius 3 is 2.68 bits per heavy atom. The van der Waals surface area contributed by atoms with Gasteiger partial charge in [0.25, 0.3) is 5.91 Å². The largest absolute Gasteiger partial charge is 0.494 e. The molecule has 1 unspecified atom stereocenters. The molecule has 25 heavy (non-hydrogen) atoms. The van der Waals surface area contributed by atoms with Gasteiger partial charge in [0.15, 0.2) is 11.6 Å². The SMILES string of the molecule is COc1ccc(C(=O)NC(c2ccccc2)c2nccs2)c(N)c1F. The fourth-order valence-corrected chi connectivity index (χ4v) is 3.16. The van der Waals surface area contributed by atoms with Gasteiger partial charge < -0.3 is 15.8 Å². The molecule has 7 heteroatoms. The lowest BCUT2D eigenvalue weighted by atomic mass is 10.1. The minimum Gasteiger partial charge on any atom is -0.494 e. The van der Waals surface area contributed by atoms with Crippen LogP contribution in [0.2, 0.25) is 0 Å². The molecule has 0 aliphatic rings. The standard InChI is InChI=1S/C18H16FN3O2S/c1-24-13-8-7-12(15(20)14(13)19)17(23)22-16(18-21-9-10-25-18)11-5-3-2-4-6-11/h2-10,16H,20H2,1H3,(H,22,23). The molecule has 128 valence electrons. The lowest BCUT2D eigenvalue weighted by Gasteiger charge is -2.18. The lowest BCUT2D eigenvalue weighted by molar-refractivity contribution is 0.0943. The highest BCUT2D eigenvalue weighted by Gasteiger charge is 2.23. The molecule has 3 rings (SSSR count). The maximum Gasteiger partial charge on any atom is 0.254 e. The summed E-state index contributed by atoms with van der Waals surface area (Å²) in [6.07, 6.45) is 1.67. The van der Waals surface area contributed by atoms with Crippen molar-refractivity contribution in [2.75, 3.05) is 12.8 Å². The Labute approximate surface area is 148 Å². The molecule has 1 atom stereocenters. The molecule has 0 spiro atoms. The van der Waals surface area contributed by atoms with Gasteiger partial charge in [-0.2, -0.15) is 0 Å². The molecule has 5 nitrogen and oxygen atoms in total. The van der Waals surface area contributed by atoms with E-state index >= 15 is 0 Å². The maximum atomic E-state index is 14.1. The van der Waals surface area contributed by atoms with Gasteiger partial charge in [0.2, 0.25) is 0 Å². The van der Waals surface area contributed by atoms with Gasteiger partial charge in [-0.1, -0.05) is 30.3 Å². The molecule has 1 aromatic heterocycles. The maximum absolute atomic E-state index is 14.1. The summed E-state index contributed by atoms with van der Waals surface area (Å²) in [5.41, 5.74) is 6.44. The third-order valence-corrected chi connectivity index (χ3v) is 4.56. The summed E-state index contributed by atoms with van der Waals surface area (Å²) in [5, 5.41) is 5.44. The van der Waals surface area contributed by atoms with Gasteiger partial charge in [-0.05, 0) is 17.7 Å². The highest BCUT2D eigenvalue weighted by atomic mass is 32.1. The van der Waals surface area contributed by atoms with Crippen LogP contribution in [0.25, 0.3) is 0 Å². The van der Waals surface area contributed by atoms with Gasteiger partial charge in [0, 0.05) is 11.6 Å². The van der Waals surface area contributed by atoms with Gasteiger partial charge in [-0.15, -0.1) is 11.3 Å². The fraction of sp³-hybridized carbons (Fsp3) is 0.111. The lowest BCUT2D eigenvalue weighted by Crippen LogP contribution is -2.30. The number of halogens is 1. The number of nitrogens with one attached hydrogen (secondary N) is 1. The van der Waals surface area contributed by atoms with E-state index in [1.54, 1.807) is 6.20 Å². The summed E-state index contributed by atoms with van der Waals surface area (Å²) in [6, 6.07) is 11.8. The molecule has 1 amide bonds. The number of nitrogen functional groups attached to an aromatic ring is 1. The summed E-state index contributed by atoms with van der Waals surface area (Å²) in [5.74, 6) is -1.24. The van der Waals surface area contributed by atoms with E-state index in [0.29, 0.717) is 0 Å². The van der Waals surface area contributed by atoms with Crippen LogP contribution in [0.3, 0.4) is 0 Å². The van der Waals surface area contributed by atoms with Crippen LogP contribution >= 0.6 is 11.3 Å². The number of ether oxygens (including phenoxy) is 1. The van der Waals surface area contributed by atoms with Crippen LogP contribution in [0.15, 0.2) is 54.0 Å². The van der Waals surface area contributed by atoms with Crippen LogP contribution in [-0.4, -0.2) is 18.0 Å². The third kappa shape index (κ3) is 3.46. The highest BCUT2D eigenvalue weighted by Crippen LogP contribution is 2.28. The summed E-state index contributed by atoms with van der Waals surface area (Å²) in [6.45, 7) is 0. The molecule has 0 saturated heterocycles. The van der Waals surface area contributed by atoms with Crippen LogP contribution in [0.1, 0.15) is 27.0 Å². The van der Waals surface area contributed by atoms with Crippen molar-refractivity contribution in [1.82, 2.24) is 10.3 Å². The second-order valence-electron chi connectivity index (χ2n) is 5.23. The number of anilines is 1. The van der Waals surface area contributed by atoms with Crippen molar-refractivity contribution in [3.05, 3.63) is 76.0 Å². The molecular formula is C18H16FN3O2S. The number of methoxy groups -OCH3 is 1. The predicted molar refractivity (Wildman–Crippen MR) is 95.2 cm³/mol. The quantitative estimate of drug-likeness (QED) is 0.686. The zero-order chi connectivity index (χ0) is 17.8. The molecule has 0 aliphatic carbocycles. The van der Waals surface area contributed by atoms with Crippen LogP contribution < -0.4 is 15.8 Å². The van der Waals surface area contributed by atoms with Crippen LogP contribution in [0.4, 0.5) is 10.1 Å². The number of hydrogen-bond donors (Lipinski definition) is 2. The first-order valence-electron chi connectivity index (χ1n) is 7.49. The Kier molecular flexibility index (Phi) is 4.95. The molecule has 2 aromatic carbocycles. The van der Waals surface area contributed by atoms with Gasteiger partial charge in [-0.3, -0.25) is 4.79 Å². The first kappa shape index (κ1) is 16.9. The molecule has 3 aromatic rings. The van der Waals surface area contributed by atoms with Gasteiger partial charge in [0.05, 0.1) is 18.4 Å². The van der Waals surface area contributed by atoms with E-state index in [1.165, 1.54) is 30.6 Å². The number of carbonyl (C=O) groups is 1. The van der Waals surface area contributed by atoms with Crippen molar-refractivity contribution < 1.29 is 13.9 Å². The zero-order valence-corrected chi connectivity index (χ0v) is 14.2. The van der Waals surface area contributed by atoms with E-state index in [4.69, 9.17) is 10.5 Å². The molecule has 0 bridgehead atoms. The second-order valence-corrected chi connectivity index (χ2v) is 6.16. The monoisotopic (exact) mass is 357 g/mol. The first-order valence-corrected chi connectivity index (χ1v) is 8.37. The van der Waals surface area contributed by atoms with E-state index in [0.717, 1.165) is 10.6 Å². The molecule has 0 radical (unpaired) electrons. The number of aromatic nitrogens is 1. The van der Waals surface area contributed by atoms with E-state index in [2.05, 4.69) is 10.3 Å². The average Bonchev–Trinajstić information content (AvgIpc) is 3.17. The summed E-state index contributed by atoms with van der Waals surface area (Å²) >= 11 is 1.43. The third-order valence-electron chi connectivity index (χ3n) is 3.72. The number of amides is 1. The molecule has 0 aliphatic heterocycles. The number of rotatable bonds is 5. The Hall–Kier alpha value is -2.93. The topological polar surface area (TPSA) is 77.2 Å². The highest BCUT2D eigenvalue weighted by molar-refractivity contribution is 7.09. The van der Waals surface area contributed by atoms with Crippen molar-refractivity contribution in [2.24, 2.45) is 0 Å². The number of hydrogen-bond acceptors (Lipinski definition) is 5. The Morgan fingerprint density at radius 1 is 1.28 bits per heavy atom. The van der Waals surface area contributed by atoms with Crippen molar-refractivity contribution in [1.29, 1.82) is 0 Å². The van der Waals surface area contributed by atoms with Crippen LogP contribution in [0, 0.1) is 5.82 Å². The predicted octanol–water partition coefficient (Wildman–Crippen LogP) is 3.39. The smallest absolute Gasteiger partial charge is 0.254 e. The van der Waals surface area contributed by atoms with Gasteiger partial charge in [0.1, 0.15) is 11.0 Å². The van der Waals surface area contributed by atoms with E-state index in [-0.39, 0.29) is 17.0 Å². The van der Waals surface area contributed by atoms with E-state index < -0.39 is 17.8 Å². The molecule has 0 saturated carbocycles. The van der Waals surface area contributed by atoms with E-state index in [9.17, 15) is 9.18 Å². The Bertz CT molecular complexity index is 870. The fourth-order valence-electron chi connectivity index (χ4n) is 2.45.